The molecule has 0 radical (unpaired) electrons. The minimum atomic E-state index is -0.275. The van der Waals surface area contributed by atoms with Gasteiger partial charge in [-0.25, -0.2) is 4.98 Å². The van der Waals surface area contributed by atoms with Crippen molar-refractivity contribution in [2.45, 2.75) is 6.54 Å². The Kier molecular flexibility index (Phi) is 3.42. The minimum absolute atomic E-state index is 0.239. The maximum absolute atomic E-state index is 11.1. The van der Waals surface area contributed by atoms with Crippen molar-refractivity contribution in [3.63, 3.8) is 0 Å². The summed E-state index contributed by atoms with van der Waals surface area (Å²) in [5.74, 6) is 0.187. The Labute approximate surface area is 106 Å². The zero-order valence-corrected chi connectivity index (χ0v) is 10.5. The molecule has 0 spiro atoms. The van der Waals surface area contributed by atoms with Crippen LogP contribution in [0.1, 0.15) is 5.89 Å². The van der Waals surface area contributed by atoms with Crippen LogP contribution in [-0.4, -0.2) is 10.9 Å². The lowest BCUT2D eigenvalue weighted by molar-refractivity contribution is -0.116. The molecule has 1 heterocycles. The predicted molar refractivity (Wildman–Crippen MR) is 67.3 cm³/mol. The first-order valence-electron chi connectivity index (χ1n) is 4.87. The molecule has 2 rings (SSSR count). The van der Waals surface area contributed by atoms with Gasteiger partial charge in [0.25, 0.3) is 5.91 Å². The van der Waals surface area contributed by atoms with Crippen molar-refractivity contribution in [3.8, 4) is 0 Å². The quantitative estimate of drug-likeness (QED) is 0.699. The highest BCUT2D eigenvalue weighted by molar-refractivity contribution is 9.10. The number of hydrogen-bond acceptors (Lipinski definition) is 3. The van der Waals surface area contributed by atoms with E-state index in [0.717, 1.165) is 9.99 Å². The summed E-state index contributed by atoms with van der Waals surface area (Å²) in [4.78, 5) is 15.4. The third-order valence-electron chi connectivity index (χ3n) is 2.04. The van der Waals surface area contributed by atoms with Crippen LogP contribution in [0.2, 0.25) is 0 Å². The van der Waals surface area contributed by atoms with E-state index < -0.39 is 0 Å². The first kappa shape index (κ1) is 11.6. The number of carbonyl (C=O) groups excluding carboxylic acids is 1. The first-order chi connectivity index (χ1) is 8.19. The van der Waals surface area contributed by atoms with Gasteiger partial charge in [0, 0.05) is 10.5 Å². The zero-order chi connectivity index (χ0) is 12.3. The molecule has 0 fully saturated rings. The molecule has 0 bridgehead atoms. The van der Waals surface area contributed by atoms with Gasteiger partial charge < -0.3 is 9.73 Å². The van der Waals surface area contributed by atoms with E-state index in [1.807, 2.05) is 18.2 Å². The number of carbonyl (C=O) groups is 1. The Morgan fingerprint density at radius 3 is 3.24 bits per heavy atom. The summed E-state index contributed by atoms with van der Waals surface area (Å²) in [6.45, 7) is 3.55. The van der Waals surface area contributed by atoms with E-state index in [0.29, 0.717) is 11.5 Å². The van der Waals surface area contributed by atoms with Crippen molar-refractivity contribution in [2.24, 2.45) is 0 Å². The summed E-state index contributed by atoms with van der Waals surface area (Å²) in [6.07, 6.45) is 1.22. The van der Waals surface area contributed by atoms with Crippen LogP contribution < -0.4 is 5.32 Å². The summed E-state index contributed by atoms with van der Waals surface area (Å²) >= 11 is 3.35. The maximum Gasteiger partial charge on any atom is 0.252 e. The van der Waals surface area contributed by atoms with Crippen LogP contribution in [0, 0.1) is 0 Å². The molecule has 0 saturated heterocycles. The SMILES string of the molecule is C=C=CC(=O)NCc1nc2ccc(Br)cc2o1. The second kappa shape index (κ2) is 4.99. The molecule has 1 aromatic carbocycles. The van der Waals surface area contributed by atoms with Crippen molar-refractivity contribution < 1.29 is 9.21 Å². The van der Waals surface area contributed by atoms with Crippen molar-refractivity contribution >= 4 is 32.9 Å². The molecular weight excluding hydrogens is 284 g/mol. The number of halogens is 1. The molecule has 0 aliphatic rings. The van der Waals surface area contributed by atoms with E-state index >= 15 is 0 Å². The standard InChI is InChI=1S/C12H9BrN2O2/c1-2-3-11(16)14-7-12-15-9-5-4-8(13)6-10(9)17-12/h3-6H,1,7H2,(H,14,16). The number of nitrogens with one attached hydrogen (secondary N) is 1. The van der Waals surface area contributed by atoms with Crippen LogP contribution in [0.5, 0.6) is 0 Å². The maximum atomic E-state index is 11.1. The number of amides is 1. The second-order valence-corrected chi connectivity index (χ2v) is 4.20. The molecule has 0 atom stereocenters. The second-order valence-electron chi connectivity index (χ2n) is 3.29. The lowest BCUT2D eigenvalue weighted by atomic mass is 10.3. The van der Waals surface area contributed by atoms with Gasteiger partial charge in [-0.3, -0.25) is 4.79 Å². The van der Waals surface area contributed by atoms with Crippen LogP contribution in [0.4, 0.5) is 0 Å². The molecule has 1 amide bonds. The summed E-state index contributed by atoms with van der Waals surface area (Å²) in [7, 11) is 0. The van der Waals surface area contributed by atoms with Gasteiger partial charge in [-0.05, 0) is 18.2 Å². The Balaban J connectivity index is 2.14. The van der Waals surface area contributed by atoms with E-state index in [-0.39, 0.29) is 12.5 Å². The summed E-state index contributed by atoms with van der Waals surface area (Å²) in [5, 5.41) is 2.61. The van der Waals surface area contributed by atoms with E-state index in [4.69, 9.17) is 4.42 Å². The van der Waals surface area contributed by atoms with E-state index in [9.17, 15) is 4.79 Å². The van der Waals surface area contributed by atoms with Gasteiger partial charge in [0.1, 0.15) is 5.52 Å². The summed E-state index contributed by atoms with van der Waals surface area (Å²) in [5.41, 5.74) is 3.84. The van der Waals surface area contributed by atoms with Crippen molar-refractivity contribution in [1.29, 1.82) is 0 Å². The van der Waals surface area contributed by atoms with Gasteiger partial charge >= 0.3 is 0 Å². The minimum Gasteiger partial charge on any atom is -0.439 e. The molecule has 17 heavy (non-hydrogen) atoms. The van der Waals surface area contributed by atoms with Crippen LogP contribution >= 0.6 is 15.9 Å². The molecule has 0 unspecified atom stereocenters. The fourth-order valence-corrected chi connectivity index (χ4v) is 1.67. The number of benzene rings is 1. The Morgan fingerprint density at radius 2 is 2.47 bits per heavy atom. The highest BCUT2D eigenvalue weighted by atomic mass is 79.9. The molecular formula is C12H9BrN2O2. The van der Waals surface area contributed by atoms with E-state index in [1.165, 1.54) is 6.08 Å². The number of nitrogens with zero attached hydrogens (tertiary/aromatic N) is 1. The lowest BCUT2D eigenvalue weighted by Gasteiger charge is -1.95. The van der Waals surface area contributed by atoms with Crippen molar-refractivity contribution in [2.75, 3.05) is 0 Å². The topological polar surface area (TPSA) is 55.1 Å². The molecule has 0 aliphatic heterocycles. The molecule has 5 heteroatoms. The van der Waals surface area contributed by atoms with Crippen LogP contribution in [0.3, 0.4) is 0 Å². The zero-order valence-electron chi connectivity index (χ0n) is 8.87. The van der Waals surface area contributed by atoms with Gasteiger partial charge in [0.15, 0.2) is 5.58 Å². The number of fused-ring (bicyclic) bond motifs is 1. The van der Waals surface area contributed by atoms with Crippen LogP contribution in [-0.2, 0) is 11.3 Å². The Bertz CT molecular complexity index is 612. The van der Waals surface area contributed by atoms with Gasteiger partial charge in [-0.1, -0.05) is 22.5 Å². The normalized spacial score (nSPS) is 9.94. The largest absolute Gasteiger partial charge is 0.439 e. The highest BCUT2D eigenvalue weighted by Crippen LogP contribution is 2.20. The average molecular weight is 293 g/mol. The van der Waals surface area contributed by atoms with Gasteiger partial charge in [-0.15, -0.1) is 5.73 Å². The monoisotopic (exact) mass is 292 g/mol. The van der Waals surface area contributed by atoms with Crippen LogP contribution in [0.25, 0.3) is 11.1 Å². The summed E-state index contributed by atoms with van der Waals surface area (Å²) < 4.78 is 6.39. The Hall–Kier alpha value is -1.84. The third-order valence-corrected chi connectivity index (χ3v) is 2.54. The van der Waals surface area contributed by atoms with E-state index in [1.54, 1.807) is 0 Å². The smallest absolute Gasteiger partial charge is 0.252 e. The summed E-state index contributed by atoms with van der Waals surface area (Å²) in [6, 6.07) is 5.56. The lowest BCUT2D eigenvalue weighted by Crippen LogP contribution is -2.20. The van der Waals surface area contributed by atoms with Gasteiger partial charge in [-0.2, -0.15) is 0 Å². The Morgan fingerprint density at radius 1 is 1.65 bits per heavy atom. The fourth-order valence-electron chi connectivity index (χ4n) is 1.33. The number of aromatic nitrogens is 1. The van der Waals surface area contributed by atoms with Crippen molar-refractivity contribution in [1.82, 2.24) is 10.3 Å². The molecule has 1 aromatic heterocycles. The molecule has 86 valence electrons. The molecule has 0 saturated carbocycles. The molecule has 4 nitrogen and oxygen atoms in total. The predicted octanol–water partition coefficient (Wildman–Crippen LogP) is 2.55. The average Bonchev–Trinajstić information content (AvgIpc) is 2.68. The molecule has 1 N–H and O–H groups in total. The third kappa shape index (κ3) is 2.84. The number of hydrogen-bond donors (Lipinski definition) is 1. The van der Waals surface area contributed by atoms with Gasteiger partial charge in [0.2, 0.25) is 5.89 Å². The van der Waals surface area contributed by atoms with E-state index in [2.05, 4.69) is 38.5 Å². The van der Waals surface area contributed by atoms with Crippen molar-refractivity contribution in [3.05, 3.63) is 46.9 Å². The molecule has 0 aliphatic carbocycles. The van der Waals surface area contributed by atoms with Gasteiger partial charge in [0.05, 0.1) is 6.54 Å². The fraction of sp³-hybridized carbons (Fsp3) is 0.0833. The molecule has 2 aromatic rings. The number of rotatable bonds is 3. The first-order valence-corrected chi connectivity index (χ1v) is 5.67. The highest BCUT2D eigenvalue weighted by Gasteiger charge is 2.06. The van der Waals surface area contributed by atoms with Crippen LogP contribution in [0.15, 0.2) is 45.5 Å². The number of oxazole rings is 1.